The lowest BCUT2D eigenvalue weighted by atomic mass is 10.2. The first-order valence-corrected chi connectivity index (χ1v) is 12.9. The summed E-state index contributed by atoms with van der Waals surface area (Å²) >= 11 is 3.09. The van der Waals surface area contributed by atoms with Gasteiger partial charge in [0.1, 0.15) is 10.6 Å². The molecule has 8 nitrogen and oxygen atoms in total. The van der Waals surface area contributed by atoms with Crippen LogP contribution in [0.15, 0.2) is 34.2 Å². The predicted octanol–water partition coefficient (Wildman–Crippen LogP) is 3.37. The number of amides is 3. The van der Waals surface area contributed by atoms with Gasteiger partial charge < -0.3 is 10.1 Å². The molecule has 2 aliphatic rings. The van der Waals surface area contributed by atoms with Crippen molar-refractivity contribution in [1.82, 2.24) is 19.8 Å². The fourth-order valence-corrected chi connectivity index (χ4v) is 6.51. The quantitative estimate of drug-likeness (QED) is 0.228. The van der Waals surface area contributed by atoms with E-state index in [1.54, 1.807) is 15.9 Å². The van der Waals surface area contributed by atoms with E-state index in [2.05, 4.69) is 5.32 Å². The van der Waals surface area contributed by atoms with Crippen LogP contribution in [0.3, 0.4) is 0 Å². The number of aryl methyl sites for hydroxylation is 2. The van der Waals surface area contributed by atoms with Crippen LogP contribution in [0.25, 0.3) is 15.9 Å². The highest BCUT2D eigenvalue weighted by Crippen LogP contribution is 2.36. The number of imide groups is 1. The van der Waals surface area contributed by atoms with Crippen LogP contribution < -0.4 is 15.6 Å². The summed E-state index contributed by atoms with van der Waals surface area (Å²) in [6, 6.07) is 7.14. The normalized spacial score (nSPS) is 15.4. The number of benzene rings is 1. The molecule has 3 aromatic rings. The highest BCUT2D eigenvalue weighted by atomic mass is 32.2. The lowest BCUT2D eigenvalue weighted by Gasteiger charge is -2.14. The third-order valence-corrected chi connectivity index (χ3v) is 8.02. The van der Waals surface area contributed by atoms with Crippen LogP contribution in [0.4, 0.5) is 4.79 Å². The minimum absolute atomic E-state index is 0.0415. The topological polar surface area (TPSA) is 93.5 Å². The van der Waals surface area contributed by atoms with Crippen molar-refractivity contribution >= 4 is 45.3 Å². The predicted molar refractivity (Wildman–Crippen MR) is 129 cm³/mol. The molecule has 0 bridgehead atoms. The highest BCUT2D eigenvalue weighted by Gasteiger charge is 2.28. The number of fused-ring (bicyclic) bond motifs is 3. The fourth-order valence-electron chi connectivity index (χ4n) is 4.28. The molecule has 0 saturated carbocycles. The van der Waals surface area contributed by atoms with Crippen molar-refractivity contribution in [3.05, 3.63) is 45.1 Å². The summed E-state index contributed by atoms with van der Waals surface area (Å²) < 4.78 is 7.23. The SMILES string of the molecule is CCOc1ccc(-n2c(SCCCN3C(=O)CNC3=O)nc3sc4c(c3c2=O)CCC4)cc1. The van der Waals surface area contributed by atoms with Crippen molar-refractivity contribution < 1.29 is 14.3 Å². The summed E-state index contributed by atoms with van der Waals surface area (Å²) in [5, 5.41) is 3.89. The standard InChI is InChI=1S/C23H24N4O4S2/c1-2-31-15-9-7-14(8-10-15)27-21(29)19-16-5-3-6-17(16)33-20(19)25-23(27)32-12-4-11-26-18(28)13-24-22(26)30/h7-10H,2-6,11-13H2,1H3,(H,24,30). The molecular weight excluding hydrogens is 460 g/mol. The maximum Gasteiger partial charge on any atom is 0.324 e. The van der Waals surface area contributed by atoms with Crippen molar-refractivity contribution in [2.45, 2.75) is 37.8 Å². The third kappa shape index (κ3) is 4.13. The van der Waals surface area contributed by atoms with Gasteiger partial charge in [0.05, 0.1) is 24.2 Å². The summed E-state index contributed by atoms with van der Waals surface area (Å²) in [5.74, 6) is 1.17. The molecule has 1 fully saturated rings. The first-order chi connectivity index (χ1) is 16.1. The molecule has 1 saturated heterocycles. The van der Waals surface area contributed by atoms with Crippen molar-refractivity contribution in [3.8, 4) is 11.4 Å². The number of hydrogen-bond donors (Lipinski definition) is 1. The Morgan fingerprint density at radius 3 is 2.73 bits per heavy atom. The van der Waals surface area contributed by atoms with Crippen molar-refractivity contribution in [3.63, 3.8) is 0 Å². The van der Waals surface area contributed by atoms with Gasteiger partial charge in [0.2, 0.25) is 5.91 Å². The Kier molecular flexibility index (Phi) is 6.11. The van der Waals surface area contributed by atoms with E-state index >= 15 is 0 Å². The van der Waals surface area contributed by atoms with Gasteiger partial charge in [-0.1, -0.05) is 11.8 Å². The number of urea groups is 1. The number of thiophene rings is 1. The minimum Gasteiger partial charge on any atom is -0.494 e. The Morgan fingerprint density at radius 2 is 2.00 bits per heavy atom. The monoisotopic (exact) mass is 484 g/mol. The minimum atomic E-state index is -0.344. The summed E-state index contributed by atoms with van der Waals surface area (Å²) in [5.41, 5.74) is 1.86. The van der Waals surface area contributed by atoms with E-state index in [9.17, 15) is 14.4 Å². The number of rotatable bonds is 8. The third-order valence-electron chi connectivity index (χ3n) is 5.81. The zero-order valence-electron chi connectivity index (χ0n) is 18.3. The van der Waals surface area contributed by atoms with Crippen LogP contribution in [0.2, 0.25) is 0 Å². The summed E-state index contributed by atoms with van der Waals surface area (Å²) in [4.78, 5) is 45.4. The fraction of sp³-hybridized carbons (Fsp3) is 0.391. The van der Waals surface area contributed by atoms with E-state index in [4.69, 9.17) is 9.72 Å². The lowest BCUT2D eigenvalue weighted by molar-refractivity contribution is -0.124. The molecule has 0 unspecified atom stereocenters. The van der Waals surface area contributed by atoms with Gasteiger partial charge in [-0.2, -0.15) is 0 Å². The van der Waals surface area contributed by atoms with Crippen molar-refractivity contribution in [1.29, 1.82) is 0 Å². The van der Waals surface area contributed by atoms with Gasteiger partial charge in [-0.3, -0.25) is 19.1 Å². The Balaban J connectivity index is 1.46. The molecule has 1 aliphatic heterocycles. The van der Waals surface area contributed by atoms with Gasteiger partial charge in [-0.05, 0) is 62.4 Å². The number of nitrogens with zero attached hydrogens (tertiary/aromatic N) is 3. The Bertz CT molecular complexity index is 1270. The van der Waals surface area contributed by atoms with E-state index in [-0.39, 0.29) is 24.0 Å². The molecule has 1 aromatic carbocycles. The second-order valence-corrected chi connectivity index (χ2v) is 10.1. The number of carbonyl (C=O) groups is 2. The molecule has 0 atom stereocenters. The van der Waals surface area contributed by atoms with Crippen LogP contribution in [0, 0.1) is 0 Å². The number of thioether (sulfide) groups is 1. The zero-order valence-corrected chi connectivity index (χ0v) is 19.9. The number of nitrogens with one attached hydrogen (secondary N) is 1. The largest absolute Gasteiger partial charge is 0.494 e. The number of carbonyl (C=O) groups excluding carboxylic acids is 2. The summed E-state index contributed by atoms with van der Waals surface area (Å²) in [7, 11) is 0. The number of ether oxygens (including phenoxy) is 1. The smallest absolute Gasteiger partial charge is 0.324 e. The van der Waals surface area contributed by atoms with Gasteiger partial charge in [0, 0.05) is 17.2 Å². The average Bonchev–Trinajstić information content (AvgIpc) is 3.48. The van der Waals surface area contributed by atoms with Gasteiger partial charge in [-0.25, -0.2) is 9.78 Å². The molecule has 1 N–H and O–H groups in total. The zero-order chi connectivity index (χ0) is 22.9. The van der Waals surface area contributed by atoms with Gasteiger partial charge >= 0.3 is 6.03 Å². The molecule has 0 radical (unpaired) electrons. The van der Waals surface area contributed by atoms with Gasteiger partial charge in [0.15, 0.2) is 5.16 Å². The van der Waals surface area contributed by atoms with Gasteiger partial charge in [-0.15, -0.1) is 11.3 Å². The molecule has 33 heavy (non-hydrogen) atoms. The molecule has 1 aliphatic carbocycles. The van der Waals surface area contributed by atoms with Crippen molar-refractivity contribution in [2.75, 3.05) is 25.4 Å². The van der Waals surface area contributed by atoms with E-state index in [1.165, 1.54) is 21.5 Å². The molecule has 2 aromatic heterocycles. The van der Waals surface area contributed by atoms with E-state index in [0.29, 0.717) is 30.5 Å². The van der Waals surface area contributed by atoms with E-state index < -0.39 is 0 Å². The molecule has 0 spiro atoms. The average molecular weight is 485 g/mol. The number of hydrogen-bond acceptors (Lipinski definition) is 7. The van der Waals surface area contributed by atoms with Crippen molar-refractivity contribution in [2.24, 2.45) is 0 Å². The molecule has 10 heteroatoms. The van der Waals surface area contributed by atoms with Gasteiger partial charge in [0.25, 0.3) is 5.56 Å². The first-order valence-electron chi connectivity index (χ1n) is 11.1. The van der Waals surface area contributed by atoms with Crippen LogP contribution in [-0.2, 0) is 17.6 Å². The molecule has 172 valence electrons. The van der Waals surface area contributed by atoms with Crippen LogP contribution in [0.1, 0.15) is 30.2 Å². The molecular formula is C23H24N4O4S2. The lowest BCUT2D eigenvalue weighted by Crippen LogP contribution is -2.32. The van der Waals surface area contributed by atoms with Crippen LogP contribution in [-0.4, -0.2) is 51.8 Å². The highest BCUT2D eigenvalue weighted by molar-refractivity contribution is 7.99. The van der Waals surface area contributed by atoms with Crippen LogP contribution in [0.5, 0.6) is 5.75 Å². The maximum absolute atomic E-state index is 13.7. The Hall–Kier alpha value is -2.85. The second kappa shape index (κ2) is 9.18. The summed E-state index contributed by atoms with van der Waals surface area (Å²) in [6.07, 6.45) is 3.63. The Labute approximate surface area is 198 Å². The van der Waals surface area contributed by atoms with Crippen LogP contribution >= 0.6 is 23.1 Å². The maximum atomic E-state index is 13.7. The molecule has 3 amide bonds. The molecule has 3 heterocycles. The van der Waals surface area contributed by atoms with E-state index in [1.807, 2.05) is 31.2 Å². The molecule has 5 rings (SSSR count). The van der Waals surface area contributed by atoms with E-state index in [0.717, 1.165) is 46.5 Å². The second-order valence-electron chi connectivity index (χ2n) is 7.91. The number of aromatic nitrogens is 2. The summed E-state index contributed by atoms with van der Waals surface area (Å²) in [6.45, 7) is 2.92. The first kappa shape index (κ1) is 22.0. The Morgan fingerprint density at radius 1 is 1.18 bits per heavy atom.